The van der Waals surface area contributed by atoms with Crippen LogP contribution in [0.1, 0.15) is 24.2 Å². The van der Waals surface area contributed by atoms with Gasteiger partial charge in [-0.1, -0.05) is 22.0 Å². The smallest absolute Gasteiger partial charge is 0.251 e. The molecule has 0 spiro atoms. The summed E-state index contributed by atoms with van der Waals surface area (Å²) in [6, 6.07) is 6.95. The summed E-state index contributed by atoms with van der Waals surface area (Å²) < 4.78 is 32.5. The highest BCUT2D eigenvalue weighted by Crippen LogP contribution is 2.15. The van der Waals surface area contributed by atoms with Crippen molar-refractivity contribution in [3.63, 3.8) is 0 Å². The van der Waals surface area contributed by atoms with Crippen LogP contribution in [0, 0.1) is 0 Å². The summed E-state index contributed by atoms with van der Waals surface area (Å²) >= 11 is 3.30. The lowest BCUT2D eigenvalue weighted by Gasteiger charge is -2.34. The molecule has 1 saturated heterocycles. The summed E-state index contributed by atoms with van der Waals surface area (Å²) in [6.07, 6.45) is -0.241. The van der Waals surface area contributed by atoms with Crippen molar-refractivity contribution in [1.29, 1.82) is 0 Å². The van der Waals surface area contributed by atoms with Crippen LogP contribution in [0.3, 0.4) is 0 Å². The zero-order valence-corrected chi connectivity index (χ0v) is 15.6. The van der Waals surface area contributed by atoms with Gasteiger partial charge in [0, 0.05) is 29.7 Å². The van der Waals surface area contributed by atoms with Crippen molar-refractivity contribution in [3.05, 3.63) is 34.3 Å². The number of rotatable bonds is 5. The SMILES string of the molecule is CC1CN(S(=O)(=O)CCNC(=O)c2cccc(Br)c2)CC(C)O1. The number of carbonyl (C=O) groups excluding carboxylic acids is 1. The molecule has 1 aromatic rings. The Morgan fingerprint density at radius 1 is 1.35 bits per heavy atom. The third-order valence-corrected chi connectivity index (χ3v) is 5.81. The lowest BCUT2D eigenvalue weighted by molar-refractivity contribution is -0.0440. The maximum Gasteiger partial charge on any atom is 0.251 e. The van der Waals surface area contributed by atoms with Crippen molar-refractivity contribution < 1.29 is 17.9 Å². The van der Waals surface area contributed by atoms with Gasteiger partial charge in [0.15, 0.2) is 0 Å². The summed E-state index contributed by atoms with van der Waals surface area (Å²) in [7, 11) is -3.41. The summed E-state index contributed by atoms with van der Waals surface area (Å²) in [4.78, 5) is 12.0. The predicted octanol–water partition coefficient (Wildman–Crippen LogP) is 1.62. The fourth-order valence-corrected chi connectivity index (χ4v) is 4.40. The quantitative estimate of drug-likeness (QED) is 0.808. The Kier molecular flexibility index (Phi) is 6.19. The Morgan fingerprint density at radius 3 is 2.61 bits per heavy atom. The highest BCUT2D eigenvalue weighted by atomic mass is 79.9. The number of hydrogen-bond donors (Lipinski definition) is 1. The highest BCUT2D eigenvalue weighted by molar-refractivity contribution is 9.10. The fraction of sp³-hybridized carbons (Fsp3) is 0.533. The molecule has 1 aromatic carbocycles. The van der Waals surface area contributed by atoms with E-state index in [1.807, 2.05) is 19.9 Å². The first-order valence-electron chi connectivity index (χ1n) is 7.45. The van der Waals surface area contributed by atoms with E-state index in [2.05, 4.69) is 21.2 Å². The number of nitrogens with zero attached hydrogens (tertiary/aromatic N) is 1. The molecule has 0 radical (unpaired) electrons. The van der Waals surface area contributed by atoms with Crippen LogP contribution in [-0.4, -0.2) is 56.2 Å². The molecule has 1 N–H and O–H groups in total. The zero-order chi connectivity index (χ0) is 17.0. The van der Waals surface area contributed by atoms with E-state index in [0.29, 0.717) is 18.7 Å². The molecular weight excluding hydrogens is 384 g/mol. The van der Waals surface area contributed by atoms with Crippen molar-refractivity contribution >= 4 is 31.9 Å². The number of morpholine rings is 1. The fourth-order valence-electron chi connectivity index (χ4n) is 2.51. The minimum absolute atomic E-state index is 0.0772. The summed E-state index contributed by atoms with van der Waals surface area (Å²) in [6.45, 7) is 4.49. The molecule has 1 fully saturated rings. The molecule has 1 heterocycles. The molecule has 0 saturated carbocycles. The molecule has 1 amide bonds. The normalized spacial score (nSPS) is 22.7. The van der Waals surface area contributed by atoms with Crippen molar-refractivity contribution in [2.75, 3.05) is 25.4 Å². The Hall–Kier alpha value is -0.960. The number of halogens is 1. The van der Waals surface area contributed by atoms with Gasteiger partial charge < -0.3 is 10.1 Å². The number of carbonyl (C=O) groups is 1. The second-order valence-electron chi connectivity index (χ2n) is 5.66. The first-order chi connectivity index (χ1) is 10.8. The van der Waals surface area contributed by atoms with Crippen LogP contribution < -0.4 is 5.32 Å². The van der Waals surface area contributed by atoms with Gasteiger partial charge in [0.05, 0.1) is 18.0 Å². The lowest BCUT2D eigenvalue weighted by atomic mass is 10.2. The first kappa shape index (κ1) is 18.4. The van der Waals surface area contributed by atoms with Crippen LogP contribution in [0.25, 0.3) is 0 Å². The Morgan fingerprint density at radius 2 is 2.00 bits per heavy atom. The van der Waals surface area contributed by atoms with Crippen molar-refractivity contribution in [2.45, 2.75) is 26.1 Å². The Balaban J connectivity index is 1.88. The van der Waals surface area contributed by atoms with Gasteiger partial charge in [-0.15, -0.1) is 0 Å². The van der Waals surface area contributed by atoms with Crippen molar-refractivity contribution in [2.24, 2.45) is 0 Å². The van der Waals surface area contributed by atoms with Crippen LogP contribution in [0.5, 0.6) is 0 Å². The van der Waals surface area contributed by atoms with Gasteiger partial charge in [-0.2, -0.15) is 4.31 Å². The second-order valence-corrected chi connectivity index (χ2v) is 8.66. The minimum Gasteiger partial charge on any atom is -0.373 e. The molecule has 0 aliphatic carbocycles. The van der Waals surface area contributed by atoms with Gasteiger partial charge in [0.2, 0.25) is 10.0 Å². The van der Waals surface area contributed by atoms with Crippen LogP contribution in [0.4, 0.5) is 0 Å². The number of ether oxygens (including phenoxy) is 1. The largest absolute Gasteiger partial charge is 0.373 e. The third kappa shape index (κ3) is 5.27. The topological polar surface area (TPSA) is 75.7 Å². The highest BCUT2D eigenvalue weighted by Gasteiger charge is 2.30. The van der Waals surface area contributed by atoms with E-state index in [1.165, 1.54) is 4.31 Å². The third-order valence-electron chi connectivity index (χ3n) is 3.51. The first-order valence-corrected chi connectivity index (χ1v) is 9.85. The molecule has 6 nitrogen and oxygen atoms in total. The average molecular weight is 405 g/mol. The van der Waals surface area contributed by atoms with Crippen LogP contribution in [0.15, 0.2) is 28.7 Å². The Bertz CT molecular complexity index is 655. The number of sulfonamides is 1. The molecule has 23 heavy (non-hydrogen) atoms. The zero-order valence-electron chi connectivity index (χ0n) is 13.2. The molecule has 2 unspecified atom stereocenters. The monoisotopic (exact) mass is 404 g/mol. The molecule has 1 aliphatic heterocycles. The molecule has 8 heteroatoms. The summed E-state index contributed by atoms with van der Waals surface area (Å²) in [5.41, 5.74) is 0.491. The average Bonchev–Trinajstić information content (AvgIpc) is 2.46. The lowest BCUT2D eigenvalue weighted by Crippen LogP contribution is -2.49. The number of nitrogens with one attached hydrogen (secondary N) is 1. The van der Waals surface area contributed by atoms with E-state index in [0.717, 1.165) is 4.47 Å². The maximum absolute atomic E-state index is 12.4. The molecular formula is C15H21BrN2O4S. The van der Waals surface area contributed by atoms with Crippen LogP contribution in [0.2, 0.25) is 0 Å². The van der Waals surface area contributed by atoms with Crippen molar-refractivity contribution in [1.82, 2.24) is 9.62 Å². The van der Waals surface area contributed by atoms with Gasteiger partial charge >= 0.3 is 0 Å². The van der Waals surface area contributed by atoms with E-state index in [1.54, 1.807) is 18.2 Å². The number of hydrogen-bond acceptors (Lipinski definition) is 4. The summed E-state index contributed by atoms with van der Waals surface area (Å²) in [5, 5.41) is 2.65. The standard InChI is InChI=1S/C15H21BrN2O4S/c1-11-9-18(10-12(2)22-11)23(20,21)7-6-17-15(19)13-4-3-5-14(16)8-13/h3-5,8,11-12H,6-7,9-10H2,1-2H3,(H,17,19). The van der Waals surface area contributed by atoms with E-state index in [-0.39, 0.29) is 30.4 Å². The van der Waals surface area contributed by atoms with Gasteiger partial charge in [-0.25, -0.2) is 8.42 Å². The van der Waals surface area contributed by atoms with Crippen LogP contribution >= 0.6 is 15.9 Å². The molecule has 2 atom stereocenters. The van der Waals surface area contributed by atoms with Gasteiger partial charge in [-0.05, 0) is 32.0 Å². The van der Waals surface area contributed by atoms with Crippen molar-refractivity contribution in [3.8, 4) is 0 Å². The number of amides is 1. The molecule has 0 bridgehead atoms. The summed E-state index contributed by atoms with van der Waals surface area (Å²) in [5.74, 6) is -0.406. The van der Waals surface area contributed by atoms with E-state index >= 15 is 0 Å². The molecule has 2 rings (SSSR count). The van der Waals surface area contributed by atoms with E-state index in [4.69, 9.17) is 4.74 Å². The molecule has 128 valence electrons. The number of benzene rings is 1. The van der Waals surface area contributed by atoms with Crippen LogP contribution in [-0.2, 0) is 14.8 Å². The second kappa shape index (κ2) is 7.74. The van der Waals surface area contributed by atoms with E-state index < -0.39 is 10.0 Å². The minimum atomic E-state index is -3.41. The van der Waals surface area contributed by atoms with Gasteiger partial charge in [-0.3, -0.25) is 4.79 Å². The molecule has 1 aliphatic rings. The van der Waals surface area contributed by atoms with Gasteiger partial charge in [0.1, 0.15) is 0 Å². The maximum atomic E-state index is 12.4. The predicted molar refractivity (Wildman–Crippen MR) is 91.8 cm³/mol. The Labute approximate surface area is 145 Å². The van der Waals surface area contributed by atoms with E-state index in [9.17, 15) is 13.2 Å². The molecule has 0 aromatic heterocycles. The van der Waals surface area contributed by atoms with Gasteiger partial charge in [0.25, 0.3) is 5.91 Å².